The molecule has 18 heavy (non-hydrogen) atoms. The van der Waals surface area contributed by atoms with Crippen molar-refractivity contribution in [3.05, 3.63) is 23.3 Å². The highest BCUT2D eigenvalue weighted by atomic mass is 19.3. The maximum absolute atomic E-state index is 13.5. The van der Waals surface area contributed by atoms with E-state index in [1.165, 1.54) is 6.07 Å². The van der Waals surface area contributed by atoms with Crippen LogP contribution in [0.15, 0.2) is 12.1 Å². The zero-order chi connectivity index (χ0) is 12.8. The van der Waals surface area contributed by atoms with E-state index in [-0.39, 0.29) is 18.3 Å². The number of rotatable bonds is 2. The first-order chi connectivity index (χ1) is 8.55. The highest BCUT2D eigenvalue weighted by molar-refractivity contribution is 5.53. The van der Waals surface area contributed by atoms with Crippen LogP contribution in [-0.2, 0) is 5.92 Å². The Balaban J connectivity index is 2.08. The van der Waals surface area contributed by atoms with Crippen LogP contribution >= 0.6 is 0 Å². The maximum Gasteiger partial charge on any atom is 0.270 e. The summed E-state index contributed by atoms with van der Waals surface area (Å²) in [5, 5.41) is 3.24. The molecule has 3 nitrogen and oxygen atoms in total. The molecule has 1 aromatic carbocycles. The van der Waals surface area contributed by atoms with Gasteiger partial charge in [0.2, 0.25) is 6.79 Å². The van der Waals surface area contributed by atoms with Crippen molar-refractivity contribution in [2.45, 2.75) is 25.2 Å². The van der Waals surface area contributed by atoms with Crippen molar-refractivity contribution in [3.63, 3.8) is 0 Å². The molecular formula is C13H15F2NO2. The van der Waals surface area contributed by atoms with E-state index in [2.05, 4.69) is 5.32 Å². The smallest absolute Gasteiger partial charge is 0.270 e. The first kappa shape index (κ1) is 11.7. The second kappa shape index (κ2) is 4.09. The lowest BCUT2D eigenvalue weighted by molar-refractivity contribution is 0.0172. The third-order valence-corrected chi connectivity index (χ3v) is 3.51. The summed E-state index contributed by atoms with van der Waals surface area (Å²) in [6.07, 6.45) is 0.939. The summed E-state index contributed by atoms with van der Waals surface area (Å²) < 4.78 is 37.6. The first-order valence-electron chi connectivity index (χ1n) is 6.08. The molecule has 2 heterocycles. The number of halogens is 2. The van der Waals surface area contributed by atoms with Gasteiger partial charge < -0.3 is 14.8 Å². The van der Waals surface area contributed by atoms with Crippen molar-refractivity contribution in [1.29, 1.82) is 0 Å². The van der Waals surface area contributed by atoms with Gasteiger partial charge in [-0.1, -0.05) is 0 Å². The van der Waals surface area contributed by atoms with Crippen LogP contribution in [0.4, 0.5) is 8.78 Å². The predicted octanol–water partition coefficient (Wildman–Crippen LogP) is 2.60. The summed E-state index contributed by atoms with van der Waals surface area (Å²) in [4.78, 5) is 0. The quantitative estimate of drug-likeness (QED) is 0.881. The SMILES string of the molecule is CC(F)(F)c1cc2c(c(C3CCNC3)c1)OCO2. The van der Waals surface area contributed by atoms with E-state index >= 15 is 0 Å². The lowest BCUT2D eigenvalue weighted by atomic mass is 9.93. The van der Waals surface area contributed by atoms with Crippen LogP contribution in [0.25, 0.3) is 0 Å². The molecule has 2 aliphatic rings. The predicted molar refractivity (Wildman–Crippen MR) is 62.4 cm³/mol. The highest BCUT2D eigenvalue weighted by Gasteiger charge is 2.32. The third-order valence-electron chi connectivity index (χ3n) is 3.51. The largest absolute Gasteiger partial charge is 0.454 e. The molecule has 2 aliphatic heterocycles. The van der Waals surface area contributed by atoms with Crippen molar-refractivity contribution in [2.24, 2.45) is 0 Å². The average Bonchev–Trinajstić information content (AvgIpc) is 2.97. The number of nitrogens with one attached hydrogen (secondary N) is 1. The average molecular weight is 255 g/mol. The molecule has 0 radical (unpaired) electrons. The Morgan fingerprint density at radius 1 is 1.33 bits per heavy atom. The van der Waals surface area contributed by atoms with E-state index in [1.54, 1.807) is 6.07 Å². The van der Waals surface area contributed by atoms with Gasteiger partial charge in [0, 0.05) is 30.5 Å². The molecule has 0 aliphatic carbocycles. The Morgan fingerprint density at radius 3 is 2.83 bits per heavy atom. The maximum atomic E-state index is 13.5. The number of alkyl halides is 2. The molecular weight excluding hydrogens is 240 g/mol. The Morgan fingerprint density at radius 2 is 2.17 bits per heavy atom. The van der Waals surface area contributed by atoms with Gasteiger partial charge >= 0.3 is 0 Å². The Kier molecular flexibility index (Phi) is 2.66. The van der Waals surface area contributed by atoms with Gasteiger partial charge in [0.15, 0.2) is 11.5 Å². The molecule has 0 saturated carbocycles. The second-order valence-electron chi connectivity index (χ2n) is 4.88. The summed E-state index contributed by atoms with van der Waals surface area (Å²) in [6.45, 7) is 2.73. The molecule has 1 atom stereocenters. The zero-order valence-corrected chi connectivity index (χ0v) is 10.1. The molecule has 1 N–H and O–H groups in total. The van der Waals surface area contributed by atoms with E-state index in [1.807, 2.05) is 0 Å². The minimum Gasteiger partial charge on any atom is -0.454 e. The number of benzene rings is 1. The molecule has 3 rings (SSSR count). The van der Waals surface area contributed by atoms with Crippen LogP contribution < -0.4 is 14.8 Å². The van der Waals surface area contributed by atoms with E-state index < -0.39 is 5.92 Å². The van der Waals surface area contributed by atoms with Gasteiger partial charge in [0.05, 0.1) is 0 Å². The van der Waals surface area contributed by atoms with Gasteiger partial charge in [-0.3, -0.25) is 0 Å². The summed E-state index contributed by atoms with van der Waals surface area (Å²) in [5.74, 6) is -1.56. The van der Waals surface area contributed by atoms with E-state index in [9.17, 15) is 8.78 Å². The van der Waals surface area contributed by atoms with Crippen LogP contribution in [0.2, 0.25) is 0 Å². The molecule has 0 aromatic heterocycles. The molecule has 0 bridgehead atoms. The fourth-order valence-electron chi connectivity index (χ4n) is 2.51. The third kappa shape index (κ3) is 1.92. The Labute approximate surface area is 104 Å². The van der Waals surface area contributed by atoms with Gasteiger partial charge in [-0.15, -0.1) is 0 Å². The van der Waals surface area contributed by atoms with Crippen LogP contribution in [0.5, 0.6) is 11.5 Å². The number of ether oxygens (including phenoxy) is 2. The lowest BCUT2D eigenvalue weighted by Gasteiger charge is -2.17. The zero-order valence-electron chi connectivity index (χ0n) is 10.1. The van der Waals surface area contributed by atoms with Crippen LogP contribution in [-0.4, -0.2) is 19.9 Å². The molecule has 1 aromatic rings. The fraction of sp³-hybridized carbons (Fsp3) is 0.538. The van der Waals surface area contributed by atoms with E-state index in [0.717, 1.165) is 32.0 Å². The first-order valence-corrected chi connectivity index (χ1v) is 6.08. The van der Waals surface area contributed by atoms with Crippen molar-refractivity contribution in [3.8, 4) is 11.5 Å². The summed E-state index contributed by atoms with van der Waals surface area (Å²) >= 11 is 0. The molecule has 0 spiro atoms. The van der Waals surface area contributed by atoms with Crippen molar-refractivity contribution >= 4 is 0 Å². The van der Waals surface area contributed by atoms with Crippen molar-refractivity contribution < 1.29 is 18.3 Å². The fourth-order valence-corrected chi connectivity index (χ4v) is 2.51. The van der Waals surface area contributed by atoms with Crippen LogP contribution in [0.1, 0.15) is 30.4 Å². The summed E-state index contributed by atoms with van der Waals surface area (Å²) in [5.41, 5.74) is 0.833. The lowest BCUT2D eigenvalue weighted by Crippen LogP contribution is -2.11. The van der Waals surface area contributed by atoms with Crippen LogP contribution in [0, 0.1) is 0 Å². The van der Waals surface area contributed by atoms with Gasteiger partial charge in [-0.25, -0.2) is 8.78 Å². The molecule has 0 amide bonds. The van der Waals surface area contributed by atoms with Crippen molar-refractivity contribution in [2.75, 3.05) is 19.9 Å². The van der Waals surface area contributed by atoms with Crippen LogP contribution in [0.3, 0.4) is 0 Å². The molecule has 1 saturated heterocycles. The monoisotopic (exact) mass is 255 g/mol. The second-order valence-corrected chi connectivity index (χ2v) is 4.88. The van der Waals surface area contributed by atoms with Gasteiger partial charge in [-0.2, -0.15) is 0 Å². The summed E-state index contributed by atoms with van der Waals surface area (Å²) in [6, 6.07) is 2.94. The standard InChI is InChI=1S/C13H15F2NO2/c1-13(14,15)9-4-10(8-2-3-16-6-8)12-11(5-9)17-7-18-12/h4-5,8,16H,2-3,6-7H2,1H3. The molecule has 1 fully saturated rings. The summed E-state index contributed by atoms with van der Waals surface area (Å²) in [7, 11) is 0. The van der Waals surface area contributed by atoms with E-state index in [0.29, 0.717) is 11.5 Å². The Bertz CT molecular complexity index is 465. The number of hydrogen-bond donors (Lipinski definition) is 1. The molecule has 5 heteroatoms. The van der Waals surface area contributed by atoms with Gasteiger partial charge in [0.1, 0.15) is 0 Å². The normalized spacial score (nSPS) is 22.5. The minimum absolute atomic E-state index is 0.00588. The van der Waals surface area contributed by atoms with Gasteiger partial charge in [0.25, 0.3) is 5.92 Å². The number of fused-ring (bicyclic) bond motifs is 1. The number of hydrogen-bond acceptors (Lipinski definition) is 3. The highest BCUT2D eigenvalue weighted by Crippen LogP contribution is 2.44. The topological polar surface area (TPSA) is 30.5 Å². The van der Waals surface area contributed by atoms with Crippen molar-refractivity contribution in [1.82, 2.24) is 5.32 Å². The van der Waals surface area contributed by atoms with E-state index in [4.69, 9.17) is 9.47 Å². The van der Waals surface area contributed by atoms with Gasteiger partial charge in [-0.05, 0) is 25.1 Å². The molecule has 98 valence electrons. The molecule has 1 unspecified atom stereocenters. The Hall–Kier alpha value is -1.36. The minimum atomic E-state index is -2.86.